The second-order valence-electron chi connectivity index (χ2n) is 11.6. The number of nitrogens with zero attached hydrogens (tertiary/aromatic N) is 1. The van der Waals surface area contributed by atoms with Crippen molar-refractivity contribution in [3.8, 4) is 11.5 Å². The second kappa shape index (κ2) is 10.2. The number of fused-ring (bicyclic) bond motifs is 9. The zero-order chi connectivity index (χ0) is 28.5. The van der Waals surface area contributed by atoms with Gasteiger partial charge in [-0.2, -0.15) is 0 Å². The summed E-state index contributed by atoms with van der Waals surface area (Å²) in [6, 6.07) is 4.99. The van der Waals surface area contributed by atoms with Gasteiger partial charge in [0.1, 0.15) is 6.04 Å². The van der Waals surface area contributed by atoms with E-state index in [-0.39, 0.29) is 52.2 Å². The quantitative estimate of drug-likeness (QED) is 0.366. The molecule has 40 heavy (non-hydrogen) atoms. The molecule has 2 saturated carbocycles. The normalized spacial score (nSPS) is 30.8. The van der Waals surface area contributed by atoms with Crippen molar-refractivity contribution in [2.24, 2.45) is 35.5 Å². The number of thioether (sulfide) groups is 1. The van der Waals surface area contributed by atoms with Gasteiger partial charge in [0.15, 0.2) is 11.5 Å². The Labute approximate surface area is 240 Å². The zero-order valence-corrected chi connectivity index (χ0v) is 24.8. The molecule has 4 aliphatic rings. The van der Waals surface area contributed by atoms with Crippen molar-refractivity contribution in [3.05, 3.63) is 38.3 Å². The minimum atomic E-state index is -0.948. The summed E-state index contributed by atoms with van der Waals surface area (Å²) in [6.45, 7) is 8.19. The van der Waals surface area contributed by atoms with E-state index in [0.717, 1.165) is 26.8 Å². The van der Waals surface area contributed by atoms with Gasteiger partial charge in [-0.25, -0.2) is 4.79 Å². The number of esters is 1. The summed E-state index contributed by atoms with van der Waals surface area (Å²) in [7, 11) is 1.62. The fourth-order valence-corrected chi connectivity index (χ4v) is 10.3. The van der Waals surface area contributed by atoms with Gasteiger partial charge in [-0.05, 0) is 61.6 Å². The van der Waals surface area contributed by atoms with Crippen molar-refractivity contribution < 1.29 is 28.6 Å². The zero-order valence-electron chi connectivity index (χ0n) is 23.2. The topological polar surface area (TPSA) is 115 Å². The van der Waals surface area contributed by atoms with E-state index in [4.69, 9.17) is 14.2 Å². The van der Waals surface area contributed by atoms with Gasteiger partial charge in [-0.1, -0.05) is 31.3 Å². The molecule has 0 radical (unpaired) electrons. The highest BCUT2D eigenvalue weighted by molar-refractivity contribution is 8.00. The standard InChI is InChI=1S/C29H34N2O7S2/c1-6-37-28(34)13(4)31-26(32)21-15-10-16(22(21)27(31)33)23-20(15)19(24-25(39-23)30-29(35)40-24)14-7-8-17(18(9-14)36-5)38-11-12(2)3/h7-9,12-13,15-16,19-23H,6,10-11H2,1-5H3,(H,30,35). The van der Waals surface area contributed by atoms with Crippen LogP contribution in [0.5, 0.6) is 11.5 Å². The second-order valence-corrected chi connectivity index (χ2v) is 13.8. The van der Waals surface area contributed by atoms with Crippen molar-refractivity contribution in [2.45, 2.75) is 56.4 Å². The number of nitrogens with one attached hydrogen (secondary N) is 1. The number of aromatic nitrogens is 1. The Morgan fingerprint density at radius 2 is 1.82 bits per heavy atom. The number of carbonyl (C=O) groups is 3. The third-order valence-corrected chi connectivity index (χ3v) is 11.5. The van der Waals surface area contributed by atoms with Crippen molar-refractivity contribution in [1.82, 2.24) is 9.88 Å². The molecule has 9 nitrogen and oxygen atoms in total. The lowest BCUT2D eigenvalue weighted by atomic mass is 9.68. The van der Waals surface area contributed by atoms with E-state index < -0.39 is 23.8 Å². The van der Waals surface area contributed by atoms with Crippen molar-refractivity contribution in [2.75, 3.05) is 20.3 Å². The molecule has 1 N–H and O–H groups in total. The maximum Gasteiger partial charge on any atom is 0.329 e. The number of rotatable bonds is 8. The van der Waals surface area contributed by atoms with Crippen LogP contribution in [-0.2, 0) is 19.1 Å². The number of amides is 2. The number of carbonyl (C=O) groups excluding carboxylic acids is 3. The van der Waals surface area contributed by atoms with Crippen LogP contribution < -0.4 is 14.3 Å². The molecule has 1 aromatic carbocycles. The highest BCUT2D eigenvalue weighted by Crippen LogP contribution is 2.68. The Hall–Kier alpha value is -2.79. The number of hydrogen-bond donors (Lipinski definition) is 1. The number of imide groups is 1. The Bertz CT molecular complexity index is 1420. The lowest BCUT2D eigenvalue weighted by molar-refractivity contribution is -0.158. The van der Waals surface area contributed by atoms with Crippen molar-refractivity contribution in [3.63, 3.8) is 0 Å². The Morgan fingerprint density at radius 3 is 2.50 bits per heavy atom. The molecule has 8 atom stereocenters. The molecule has 1 saturated heterocycles. The van der Waals surface area contributed by atoms with Crippen molar-refractivity contribution in [1.29, 1.82) is 0 Å². The smallest absolute Gasteiger partial charge is 0.329 e. The first kappa shape index (κ1) is 27.4. The minimum Gasteiger partial charge on any atom is -0.493 e. The summed E-state index contributed by atoms with van der Waals surface area (Å²) in [5.74, 6) is -0.499. The van der Waals surface area contributed by atoms with E-state index in [1.165, 1.54) is 11.3 Å². The average Bonchev–Trinajstić information content (AvgIpc) is 3.65. The van der Waals surface area contributed by atoms with E-state index in [0.29, 0.717) is 24.0 Å². The summed E-state index contributed by atoms with van der Waals surface area (Å²) in [6.07, 6.45) is 0.777. The van der Waals surface area contributed by atoms with Gasteiger partial charge in [0.2, 0.25) is 11.8 Å². The van der Waals surface area contributed by atoms with E-state index >= 15 is 0 Å². The number of ether oxygens (including phenoxy) is 3. The van der Waals surface area contributed by atoms with Crippen LogP contribution in [0.15, 0.2) is 28.0 Å². The largest absolute Gasteiger partial charge is 0.493 e. The van der Waals surface area contributed by atoms with Crippen LogP contribution in [0.2, 0.25) is 0 Å². The molecular formula is C29H34N2O7S2. The molecular weight excluding hydrogens is 552 g/mol. The lowest BCUT2D eigenvalue weighted by Gasteiger charge is -2.43. The van der Waals surface area contributed by atoms with Gasteiger partial charge in [-0.3, -0.25) is 19.3 Å². The molecule has 11 heteroatoms. The van der Waals surface area contributed by atoms with Crippen LogP contribution >= 0.6 is 23.1 Å². The molecule has 2 aromatic rings. The molecule has 2 aliphatic heterocycles. The average molecular weight is 587 g/mol. The minimum absolute atomic E-state index is 0.0181. The van der Waals surface area contributed by atoms with E-state index in [1.54, 1.807) is 32.7 Å². The molecule has 3 fully saturated rings. The number of aromatic amines is 1. The number of methoxy groups -OCH3 is 1. The summed E-state index contributed by atoms with van der Waals surface area (Å²) >= 11 is 2.85. The number of hydrogen-bond acceptors (Lipinski definition) is 9. The van der Waals surface area contributed by atoms with Crippen LogP contribution in [0.25, 0.3) is 0 Å². The predicted molar refractivity (Wildman–Crippen MR) is 150 cm³/mol. The van der Waals surface area contributed by atoms with Gasteiger partial charge in [-0.15, -0.1) is 11.8 Å². The van der Waals surface area contributed by atoms with Crippen LogP contribution in [0.4, 0.5) is 0 Å². The molecule has 1 aromatic heterocycles. The van der Waals surface area contributed by atoms with E-state index in [9.17, 15) is 19.2 Å². The Morgan fingerprint density at radius 1 is 1.10 bits per heavy atom. The number of likely N-dealkylation sites (tertiary alicyclic amines) is 1. The summed E-state index contributed by atoms with van der Waals surface area (Å²) in [5.41, 5.74) is 0.998. The van der Waals surface area contributed by atoms with Gasteiger partial charge in [0.25, 0.3) is 0 Å². The molecule has 214 valence electrons. The first-order valence-electron chi connectivity index (χ1n) is 13.9. The highest BCUT2D eigenvalue weighted by atomic mass is 32.2. The summed E-state index contributed by atoms with van der Waals surface area (Å²) < 4.78 is 16.8. The maximum atomic E-state index is 13.8. The molecule has 6 rings (SSSR count). The molecule has 3 heterocycles. The van der Waals surface area contributed by atoms with Gasteiger partial charge in [0.05, 0.1) is 37.2 Å². The van der Waals surface area contributed by atoms with Crippen LogP contribution in [0, 0.1) is 35.5 Å². The van der Waals surface area contributed by atoms with E-state index in [2.05, 4.69) is 18.8 Å². The maximum absolute atomic E-state index is 13.8. The third-order valence-electron chi connectivity index (χ3n) is 8.89. The molecule has 2 aliphatic carbocycles. The summed E-state index contributed by atoms with van der Waals surface area (Å²) in [5, 5.41) is 0.907. The monoisotopic (exact) mass is 586 g/mol. The van der Waals surface area contributed by atoms with Crippen LogP contribution in [0.3, 0.4) is 0 Å². The van der Waals surface area contributed by atoms with Gasteiger partial charge in [0, 0.05) is 16.0 Å². The van der Waals surface area contributed by atoms with Gasteiger partial charge >= 0.3 is 10.8 Å². The number of H-pyrrole nitrogens is 1. The van der Waals surface area contributed by atoms with Crippen LogP contribution in [-0.4, -0.2) is 59.3 Å². The SMILES string of the molecule is CCOC(=O)C(C)N1C(=O)C2C3CC(C2C1=O)C1C(c2ccc(OCC(C)C)c(OC)c2)c2sc(=O)[nH]c2SC31. The summed E-state index contributed by atoms with van der Waals surface area (Å²) in [4.78, 5) is 57.5. The number of thiazole rings is 1. The van der Waals surface area contributed by atoms with Crippen LogP contribution in [0.1, 0.15) is 50.5 Å². The van der Waals surface area contributed by atoms with Crippen molar-refractivity contribution >= 4 is 40.9 Å². The Kier molecular flexibility index (Phi) is 7.01. The third kappa shape index (κ3) is 4.10. The highest BCUT2D eigenvalue weighted by Gasteiger charge is 2.70. The molecule has 8 unspecified atom stereocenters. The Balaban J connectivity index is 1.38. The van der Waals surface area contributed by atoms with E-state index in [1.807, 2.05) is 18.2 Å². The first-order valence-corrected chi connectivity index (χ1v) is 15.6. The van der Waals surface area contributed by atoms with Gasteiger partial charge < -0.3 is 19.2 Å². The first-order chi connectivity index (χ1) is 19.2. The predicted octanol–water partition coefficient (Wildman–Crippen LogP) is 3.90. The fraction of sp³-hybridized carbons (Fsp3) is 0.586. The fourth-order valence-electron chi connectivity index (χ4n) is 7.42. The molecule has 0 spiro atoms. The molecule has 2 amide bonds. The number of benzene rings is 1. The molecule has 2 bridgehead atoms. The lowest BCUT2D eigenvalue weighted by Crippen LogP contribution is -2.45.